The van der Waals surface area contributed by atoms with Gasteiger partial charge in [0.25, 0.3) is 5.91 Å². The number of aryl methyl sites for hydroxylation is 1. The number of nitrogens with one attached hydrogen (secondary N) is 1. The maximum Gasteiger partial charge on any atom is 0.344 e. The molecule has 1 N–H and O–H groups in total. The van der Waals surface area contributed by atoms with E-state index in [2.05, 4.69) is 19.2 Å². The Labute approximate surface area is 170 Å². The molecule has 0 aliphatic heterocycles. The first-order chi connectivity index (χ1) is 13.8. The third-order valence-electron chi connectivity index (χ3n) is 4.26. The molecule has 0 unspecified atom stereocenters. The second-order valence-electron chi connectivity index (χ2n) is 6.74. The number of amides is 1. The van der Waals surface area contributed by atoms with E-state index in [-0.39, 0.29) is 6.61 Å². The Morgan fingerprint density at radius 2 is 1.69 bits per heavy atom. The van der Waals surface area contributed by atoms with Crippen LogP contribution < -0.4 is 19.5 Å². The molecule has 0 aliphatic carbocycles. The molecule has 0 bridgehead atoms. The van der Waals surface area contributed by atoms with Gasteiger partial charge in [-0.25, -0.2) is 4.79 Å². The SMILES string of the molecule is COc1ccc(OC)c(NC(=O)COC(=O)COc2ccc(C(C)C)c(C)c2)c1. The molecule has 0 saturated heterocycles. The Hall–Kier alpha value is -3.22. The van der Waals surface area contributed by atoms with E-state index in [0.29, 0.717) is 28.9 Å². The van der Waals surface area contributed by atoms with E-state index in [9.17, 15) is 9.59 Å². The molecule has 0 saturated carbocycles. The molecule has 0 fully saturated rings. The molecule has 1 amide bonds. The monoisotopic (exact) mass is 401 g/mol. The predicted octanol–water partition coefficient (Wildman–Crippen LogP) is 3.70. The topological polar surface area (TPSA) is 83.1 Å². The molecule has 2 aromatic carbocycles. The molecule has 7 heteroatoms. The maximum atomic E-state index is 12.1. The van der Waals surface area contributed by atoms with Gasteiger partial charge in [0.15, 0.2) is 13.2 Å². The van der Waals surface area contributed by atoms with Crippen LogP contribution in [0.25, 0.3) is 0 Å². The Morgan fingerprint density at radius 1 is 0.966 bits per heavy atom. The molecule has 156 valence electrons. The summed E-state index contributed by atoms with van der Waals surface area (Å²) in [6.45, 7) is 5.51. The van der Waals surface area contributed by atoms with Crippen LogP contribution in [0.5, 0.6) is 17.2 Å². The number of benzene rings is 2. The van der Waals surface area contributed by atoms with Crippen molar-refractivity contribution < 1.29 is 28.5 Å². The van der Waals surface area contributed by atoms with Crippen molar-refractivity contribution in [3.63, 3.8) is 0 Å². The summed E-state index contributed by atoms with van der Waals surface area (Å²) in [5.74, 6) is 0.884. The zero-order chi connectivity index (χ0) is 21.4. The molecule has 2 rings (SSSR count). The summed E-state index contributed by atoms with van der Waals surface area (Å²) in [4.78, 5) is 24.0. The highest BCUT2D eigenvalue weighted by molar-refractivity contribution is 5.94. The lowest BCUT2D eigenvalue weighted by molar-refractivity contribution is -0.149. The standard InChI is InChI=1S/C22H27NO6/c1-14(2)18-8-6-17(10-15(18)3)28-13-22(25)29-12-21(24)23-19-11-16(26-4)7-9-20(19)27-5/h6-11,14H,12-13H2,1-5H3,(H,23,24). The zero-order valence-corrected chi connectivity index (χ0v) is 17.4. The molecule has 0 aliphatic rings. The van der Waals surface area contributed by atoms with Crippen LogP contribution in [-0.4, -0.2) is 39.3 Å². The first kappa shape index (κ1) is 22.1. The second kappa shape index (κ2) is 10.4. The first-order valence-corrected chi connectivity index (χ1v) is 9.25. The van der Waals surface area contributed by atoms with Crippen molar-refractivity contribution in [2.45, 2.75) is 26.7 Å². The van der Waals surface area contributed by atoms with Crippen molar-refractivity contribution in [1.29, 1.82) is 0 Å². The van der Waals surface area contributed by atoms with Crippen LogP contribution in [0.1, 0.15) is 30.9 Å². The summed E-state index contributed by atoms with van der Waals surface area (Å²) in [7, 11) is 3.01. The van der Waals surface area contributed by atoms with E-state index in [1.165, 1.54) is 19.8 Å². The number of hydrogen-bond donors (Lipinski definition) is 1. The highest BCUT2D eigenvalue weighted by Gasteiger charge is 2.13. The fourth-order valence-corrected chi connectivity index (χ4v) is 2.81. The minimum atomic E-state index is -0.636. The maximum absolute atomic E-state index is 12.1. The lowest BCUT2D eigenvalue weighted by Crippen LogP contribution is -2.23. The van der Waals surface area contributed by atoms with Crippen LogP contribution in [0.2, 0.25) is 0 Å². The number of methoxy groups -OCH3 is 2. The van der Waals surface area contributed by atoms with Gasteiger partial charge in [-0.3, -0.25) is 4.79 Å². The number of esters is 1. The van der Waals surface area contributed by atoms with Gasteiger partial charge in [-0.1, -0.05) is 19.9 Å². The van der Waals surface area contributed by atoms with Gasteiger partial charge < -0.3 is 24.3 Å². The Kier molecular flexibility index (Phi) is 7.88. The summed E-state index contributed by atoms with van der Waals surface area (Å²) < 4.78 is 20.8. The third-order valence-corrected chi connectivity index (χ3v) is 4.26. The lowest BCUT2D eigenvalue weighted by atomic mass is 9.98. The number of carbonyl (C=O) groups is 2. The minimum absolute atomic E-state index is 0.282. The van der Waals surface area contributed by atoms with Gasteiger partial charge in [-0.05, 0) is 48.2 Å². The molecule has 0 spiro atoms. The summed E-state index contributed by atoms with van der Waals surface area (Å²) in [5, 5.41) is 2.63. The van der Waals surface area contributed by atoms with Gasteiger partial charge in [-0.2, -0.15) is 0 Å². The van der Waals surface area contributed by atoms with Crippen molar-refractivity contribution in [1.82, 2.24) is 0 Å². The summed E-state index contributed by atoms with van der Waals surface area (Å²) in [6.07, 6.45) is 0. The molecular weight excluding hydrogens is 374 g/mol. The average molecular weight is 401 g/mol. The molecule has 0 aromatic heterocycles. The second-order valence-corrected chi connectivity index (χ2v) is 6.74. The molecule has 2 aromatic rings. The van der Waals surface area contributed by atoms with Crippen molar-refractivity contribution in [2.75, 3.05) is 32.8 Å². The number of rotatable bonds is 9. The third kappa shape index (κ3) is 6.41. The van der Waals surface area contributed by atoms with Gasteiger partial charge in [0.05, 0.1) is 19.9 Å². The molecule has 29 heavy (non-hydrogen) atoms. The van der Waals surface area contributed by atoms with Crippen molar-refractivity contribution in [2.24, 2.45) is 0 Å². The predicted molar refractivity (Wildman–Crippen MR) is 110 cm³/mol. The number of ether oxygens (including phenoxy) is 4. The average Bonchev–Trinajstić information content (AvgIpc) is 2.70. The Morgan fingerprint density at radius 3 is 2.31 bits per heavy atom. The summed E-state index contributed by atoms with van der Waals surface area (Å²) in [5.41, 5.74) is 2.74. The van der Waals surface area contributed by atoms with Crippen molar-refractivity contribution >= 4 is 17.6 Å². The largest absolute Gasteiger partial charge is 0.497 e. The van der Waals surface area contributed by atoms with Crippen LogP contribution in [0.15, 0.2) is 36.4 Å². The van der Waals surface area contributed by atoms with Gasteiger partial charge in [0.1, 0.15) is 17.2 Å². The Balaban J connectivity index is 1.83. The summed E-state index contributed by atoms with van der Waals surface area (Å²) >= 11 is 0. The molecule has 0 heterocycles. The number of carbonyl (C=O) groups excluding carboxylic acids is 2. The summed E-state index contributed by atoms with van der Waals surface area (Å²) in [6, 6.07) is 10.7. The minimum Gasteiger partial charge on any atom is -0.497 e. The number of hydrogen-bond acceptors (Lipinski definition) is 6. The fraction of sp³-hybridized carbons (Fsp3) is 0.364. The van der Waals surface area contributed by atoms with Gasteiger partial charge in [-0.15, -0.1) is 0 Å². The van der Waals surface area contributed by atoms with E-state index in [1.54, 1.807) is 18.2 Å². The zero-order valence-electron chi connectivity index (χ0n) is 17.4. The van der Waals surface area contributed by atoms with E-state index in [4.69, 9.17) is 18.9 Å². The molecule has 0 atom stereocenters. The molecular formula is C22H27NO6. The molecule has 7 nitrogen and oxygen atoms in total. The number of anilines is 1. The van der Waals surface area contributed by atoms with Gasteiger partial charge in [0.2, 0.25) is 0 Å². The van der Waals surface area contributed by atoms with Gasteiger partial charge in [0, 0.05) is 6.07 Å². The van der Waals surface area contributed by atoms with Crippen molar-refractivity contribution in [3.05, 3.63) is 47.5 Å². The van der Waals surface area contributed by atoms with Gasteiger partial charge >= 0.3 is 5.97 Å². The molecule has 0 radical (unpaired) electrons. The van der Waals surface area contributed by atoms with Crippen LogP contribution in [0.4, 0.5) is 5.69 Å². The van der Waals surface area contributed by atoms with E-state index >= 15 is 0 Å². The van der Waals surface area contributed by atoms with Crippen LogP contribution >= 0.6 is 0 Å². The fourth-order valence-electron chi connectivity index (χ4n) is 2.81. The van der Waals surface area contributed by atoms with Crippen LogP contribution in [-0.2, 0) is 14.3 Å². The van der Waals surface area contributed by atoms with Crippen molar-refractivity contribution in [3.8, 4) is 17.2 Å². The first-order valence-electron chi connectivity index (χ1n) is 9.25. The van der Waals surface area contributed by atoms with E-state index in [0.717, 1.165) is 5.56 Å². The smallest absolute Gasteiger partial charge is 0.344 e. The van der Waals surface area contributed by atoms with E-state index < -0.39 is 18.5 Å². The quantitative estimate of drug-likeness (QED) is 0.645. The van der Waals surface area contributed by atoms with E-state index in [1.807, 2.05) is 25.1 Å². The normalized spacial score (nSPS) is 10.4. The lowest BCUT2D eigenvalue weighted by Gasteiger charge is -2.13. The van der Waals surface area contributed by atoms with Crippen LogP contribution in [0.3, 0.4) is 0 Å². The highest BCUT2D eigenvalue weighted by atomic mass is 16.6. The Bertz CT molecular complexity index is 862. The van der Waals surface area contributed by atoms with Crippen LogP contribution in [0, 0.1) is 6.92 Å². The highest BCUT2D eigenvalue weighted by Crippen LogP contribution is 2.28.